The quantitative estimate of drug-likeness (QED) is 0.785. The number of benzene rings is 1. The summed E-state index contributed by atoms with van der Waals surface area (Å²) in [6.45, 7) is 8.30. The third kappa shape index (κ3) is 2.68. The van der Waals surface area contributed by atoms with Crippen LogP contribution in [0.5, 0.6) is 0 Å². The lowest BCUT2D eigenvalue weighted by Gasteiger charge is -2.32. The molecule has 1 aromatic rings. The molecule has 0 aromatic heterocycles. The van der Waals surface area contributed by atoms with Gasteiger partial charge in [-0.15, -0.1) is 0 Å². The maximum absolute atomic E-state index is 13.5. The van der Waals surface area contributed by atoms with E-state index in [0.29, 0.717) is 12.1 Å². The van der Waals surface area contributed by atoms with E-state index in [-0.39, 0.29) is 5.82 Å². The SMILES string of the molecule is COCc1ccc(F)cc1B1OC(C)(C)C(C)(C)O1. The maximum atomic E-state index is 13.5. The van der Waals surface area contributed by atoms with Crippen molar-refractivity contribution in [1.82, 2.24) is 0 Å². The minimum atomic E-state index is -0.564. The second kappa shape index (κ2) is 4.89. The van der Waals surface area contributed by atoms with Crippen molar-refractivity contribution in [3.63, 3.8) is 0 Å². The van der Waals surface area contributed by atoms with Gasteiger partial charge in [-0.1, -0.05) is 6.07 Å². The Balaban J connectivity index is 2.35. The van der Waals surface area contributed by atoms with E-state index in [4.69, 9.17) is 14.0 Å². The Labute approximate surface area is 114 Å². The lowest BCUT2D eigenvalue weighted by Crippen LogP contribution is -2.41. The maximum Gasteiger partial charge on any atom is 0.495 e. The summed E-state index contributed by atoms with van der Waals surface area (Å²) in [6, 6.07) is 4.58. The molecule has 0 spiro atoms. The van der Waals surface area contributed by atoms with Gasteiger partial charge in [0.2, 0.25) is 0 Å². The summed E-state index contributed by atoms with van der Waals surface area (Å²) in [5.41, 5.74) is 0.700. The Morgan fingerprint density at radius 1 is 1.16 bits per heavy atom. The van der Waals surface area contributed by atoms with Crippen LogP contribution in [0.3, 0.4) is 0 Å². The van der Waals surface area contributed by atoms with Crippen molar-refractivity contribution in [2.75, 3.05) is 7.11 Å². The molecule has 1 fully saturated rings. The Hall–Kier alpha value is -0.905. The number of ether oxygens (including phenoxy) is 1. The highest BCUT2D eigenvalue weighted by Gasteiger charge is 2.52. The first-order valence-corrected chi connectivity index (χ1v) is 6.40. The molecular weight excluding hydrogens is 246 g/mol. The van der Waals surface area contributed by atoms with Crippen molar-refractivity contribution in [3.05, 3.63) is 29.6 Å². The normalized spacial score (nSPS) is 20.8. The first-order chi connectivity index (χ1) is 8.77. The van der Waals surface area contributed by atoms with Crippen LogP contribution in [0, 0.1) is 5.82 Å². The highest BCUT2D eigenvalue weighted by molar-refractivity contribution is 6.62. The molecule has 1 aromatic carbocycles. The summed E-state index contributed by atoms with van der Waals surface area (Å²) in [6.07, 6.45) is 0. The van der Waals surface area contributed by atoms with Gasteiger partial charge in [-0.05, 0) is 50.9 Å². The molecule has 19 heavy (non-hydrogen) atoms. The topological polar surface area (TPSA) is 27.7 Å². The molecule has 3 nitrogen and oxygen atoms in total. The molecule has 0 aliphatic carbocycles. The second-order valence-electron chi connectivity index (χ2n) is 5.86. The third-order valence-electron chi connectivity index (χ3n) is 3.91. The predicted molar refractivity (Wildman–Crippen MR) is 72.8 cm³/mol. The van der Waals surface area contributed by atoms with Gasteiger partial charge in [0.15, 0.2) is 0 Å². The van der Waals surface area contributed by atoms with Gasteiger partial charge in [0, 0.05) is 7.11 Å². The highest BCUT2D eigenvalue weighted by Crippen LogP contribution is 2.36. The fourth-order valence-electron chi connectivity index (χ4n) is 2.04. The summed E-state index contributed by atoms with van der Waals surface area (Å²) in [7, 11) is 1.04. The summed E-state index contributed by atoms with van der Waals surface area (Å²) in [5.74, 6) is -0.301. The number of halogens is 1. The fraction of sp³-hybridized carbons (Fsp3) is 0.571. The van der Waals surface area contributed by atoms with E-state index in [9.17, 15) is 4.39 Å². The fourth-order valence-corrected chi connectivity index (χ4v) is 2.04. The smallest absolute Gasteiger partial charge is 0.399 e. The van der Waals surface area contributed by atoms with E-state index in [1.54, 1.807) is 13.2 Å². The predicted octanol–water partition coefficient (Wildman–Crippen LogP) is 2.27. The highest BCUT2D eigenvalue weighted by atomic mass is 19.1. The molecule has 0 bridgehead atoms. The summed E-state index contributed by atoms with van der Waals surface area (Å²) < 4.78 is 30.5. The molecule has 1 heterocycles. The standard InChI is InChI=1S/C14H20BFO3/c1-13(2)14(3,4)19-15(18-13)12-8-11(16)7-6-10(12)9-17-5/h6-8H,9H2,1-5H3. The van der Waals surface area contributed by atoms with Crippen LogP contribution in [0.4, 0.5) is 4.39 Å². The van der Waals surface area contributed by atoms with Gasteiger partial charge >= 0.3 is 7.12 Å². The van der Waals surface area contributed by atoms with Crippen LogP contribution in [0.1, 0.15) is 33.3 Å². The van der Waals surface area contributed by atoms with E-state index in [1.165, 1.54) is 12.1 Å². The molecule has 0 amide bonds. The van der Waals surface area contributed by atoms with Crippen molar-refractivity contribution >= 4 is 12.6 Å². The Morgan fingerprint density at radius 3 is 2.26 bits per heavy atom. The molecule has 104 valence electrons. The first kappa shape index (κ1) is 14.5. The first-order valence-electron chi connectivity index (χ1n) is 6.40. The average Bonchev–Trinajstić information content (AvgIpc) is 2.51. The van der Waals surface area contributed by atoms with Gasteiger partial charge in [-0.2, -0.15) is 0 Å². The van der Waals surface area contributed by atoms with Crippen LogP contribution in [-0.4, -0.2) is 25.4 Å². The van der Waals surface area contributed by atoms with Crippen LogP contribution < -0.4 is 5.46 Å². The van der Waals surface area contributed by atoms with E-state index in [0.717, 1.165) is 5.56 Å². The van der Waals surface area contributed by atoms with Crippen LogP contribution in [0.25, 0.3) is 0 Å². The average molecular weight is 266 g/mol. The molecule has 2 rings (SSSR count). The number of rotatable bonds is 3. The molecule has 0 unspecified atom stereocenters. The van der Waals surface area contributed by atoms with Crippen molar-refractivity contribution in [2.45, 2.75) is 45.5 Å². The van der Waals surface area contributed by atoms with Crippen LogP contribution >= 0.6 is 0 Å². The largest absolute Gasteiger partial charge is 0.495 e. The Kier molecular flexibility index (Phi) is 3.73. The van der Waals surface area contributed by atoms with Gasteiger partial charge in [0.05, 0.1) is 17.8 Å². The lowest BCUT2D eigenvalue weighted by molar-refractivity contribution is 0.00578. The van der Waals surface area contributed by atoms with Gasteiger partial charge < -0.3 is 14.0 Å². The molecular formula is C14H20BFO3. The molecule has 1 aliphatic heterocycles. The minimum Gasteiger partial charge on any atom is -0.399 e. The lowest BCUT2D eigenvalue weighted by atomic mass is 9.76. The third-order valence-corrected chi connectivity index (χ3v) is 3.91. The molecule has 0 saturated carbocycles. The van der Waals surface area contributed by atoms with E-state index in [1.807, 2.05) is 27.7 Å². The van der Waals surface area contributed by atoms with E-state index >= 15 is 0 Å². The van der Waals surface area contributed by atoms with Crippen LogP contribution in [0.15, 0.2) is 18.2 Å². The molecule has 0 atom stereocenters. The Morgan fingerprint density at radius 2 is 1.74 bits per heavy atom. The van der Waals surface area contributed by atoms with E-state index in [2.05, 4.69) is 0 Å². The molecule has 5 heteroatoms. The van der Waals surface area contributed by atoms with E-state index < -0.39 is 18.3 Å². The summed E-state index contributed by atoms with van der Waals surface area (Å²) >= 11 is 0. The van der Waals surface area contributed by atoms with Gasteiger partial charge in [0.1, 0.15) is 5.82 Å². The molecule has 1 aliphatic rings. The summed E-state index contributed by atoms with van der Waals surface area (Å²) in [5, 5.41) is 0. The summed E-state index contributed by atoms with van der Waals surface area (Å²) in [4.78, 5) is 0. The van der Waals surface area contributed by atoms with Crippen molar-refractivity contribution in [2.24, 2.45) is 0 Å². The van der Waals surface area contributed by atoms with Gasteiger partial charge in [-0.25, -0.2) is 4.39 Å². The zero-order chi connectivity index (χ0) is 14.3. The second-order valence-corrected chi connectivity index (χ2v) is 5.86. The number of hydrogen-bond donors (Lipinski definition) is 0. The number of methoxy groups -OCH3 is 1. The molecule has 0 N–H and O–H groups in total. The van der Waals surface area contributed by atoms with Crippen molar-refractivity contribution < 1.29 is 18.4 Å². The monoisotopic (exact) mass is 266 g/mol. The van der Waals surface area contributed by atoms with Crippen LogP contribution in [0.2, 0.25) is 0 Å². The van der Waals surface area contributed by atoms with Crippen molar-refractivity contribution in [3.8, 4) is 0 Å². The zero-order valence-electron chi connectivity index (χ0n) is 12.1. The van der Waals surface area contributed by atoms with Gasteiger partial charge in [0.25, 0.3) is 0 Å². The molecule has 0 radical (unpaired) electrons. The Bertz CT molecular complexity index is 458. The van der Waals surface area contributed by atoms with Gasteiger partial charge in [-0.3, -0.25) is 0 Å². The number of hydrogen-bond acceptors (Lipinski definition) is 3. The zero-order valence-corrected chi connectivity index (χ0v) is 12.1. The minimum absolute atomic E-state index is 0.301. The van der Waals surface area contributed by atoms with Crippen molar-refractivity contribution in [1.29, 1.82) is 0 Å². The van der Waals surface area contributed by atoms with Crippen LogP contribution in [-0.2, 0) is 20.7 Å². The molecule has 1 saturated heterocycles.